The van der Waals surface area contributed by atoms with Crippen molar-refractivity contribution in [2.45, 2.75) is 31.7 Å². The number of aromatic nitrogens is 1. The lowest BCUT2D eigenvalue weighted by Gasteiger charge is -2.26. The van der Waals surface area contributed by atoms with Crippen LogP contribution >= 0.6 is 11.8 Å². The second-order valence-electron chi connectivity index (χ2n) is 5.11. The van der Waals surface area contributed by atoms with E-state index in [1.807, 2.05) is 24.0 Å². The summed E-state index contributed by atoms with van der Waals surface area (Å²) in [5.41, 5.74) is 5.46. The van der Waals surface area contributed by atoms with Crippen molar-refractivity contribution in [3.05, 3.63) is 65.0 Å². The van der Waals surface area contributed by atoms with E-state index in [0.29, 0.717) is 6.04 Å². The minimum atomic E-state index is 0.441. The van der Waals surface area contributed by atoms with Gasteiger partial charge in [0.2, 0.25) is 0 Å². The van der Waals surface area contributed by atoms with Gasteiger partial charge in [0.1, 0.15) is 0 Å². The molecule has 1 atom stereocenters. The molecule has 1 aromatic heterocycles. The molecule has 0 fully saturated rings. The molecule has 0 aliphatic carbocycles. The number of hydrogen-bond acceptors (Lipinski definition) is 3. The van der Waals surface area contributed by atoms with E-state index in [4.69, 9.17) is 0 Å². The average molecular weight is 284 g/mol. The minimum Gasteiger partial charge on any atom is -0.304 e. The van der Waals surface area contributed by atoms with E-state index in [1.54, 1.807) is 0 Å². The largest absolute Gasteiger partial charge is 0.304 e. The smallest absolute Gasteiger partial charge is 0.0573 e. The lowest BCUT2D eigenvalue weighted by atomic mass is 10.0. The summed E-state index contributed by atoms with van der Waals surface area (Å²) < 4.78 is 0. The molecular weight excluding hydrogens is 264 g/mol. The van der Waals surface area contributed by atoms with E-state index >= 15 is 0 Å². The van der Waals surface area contributed by atoms with Gasteiger partial charge in [-0.25, -0.2) is 0 Å². The normalized spacial score (nSPS) is 17.8. The van der Waals surface area contributed by atoms with E-state index in [2.05, 4.69) is 47.6 Å². The third-order valence-corrected chi connectivity index (χ3v) is 4.94. The SMILES string of the molecule is CCc1cccnc1CNC1CSCc2ccccc21. The molecule has 104 valence electrons. The van der Waals surface area contributed by atoms with E-state index in [0.717, 1.165) is 24.5 Å². The molecule has 3 heteroatoms. The lowest BCUT2D eigenvalue weighted by molar-refractivity contribution is 0.565. The summed E-state index contributed by atoms with van der Waals surface area (Å²) in [7, 11) is 0. The Morgan fingerprint density at radius 3 is 3.05 bits per heavy atom. The van der Waals surface area contributed by atoms with Crippen LogP contribution in [0.1, 0.15) is 35.3 Å². The van der Waals surface area contributed by atoms with Crippen LogP contribution in [0.15, 0.2) is 42.6 Å². The lowest BCUT2D eigenvalue weighted by Crippen LogP contribution is -2.27. The average Bonchev–Trinajstić information content (AvgIpc) is 2.53. The van der Waals surface area contributed by atoms with Gasteiger partial charge >= 0.3 is 0 Å². The summed E-state index contributed by atoms with van der Waals surface area (Å²) in [6.07, 6.45) is 2.93. The Morgan fingerprint density at radius 2 is 2.15 bits per heavy atom. The number of nitrogens with zero attached hydrogens (tertiary/aromatic N) is 1. The van der Waals surface area contributed by atoms with Crippen molar-refractivity contribution in [3.8, 4) is 0 Å². The molecule has 0 saturated carbocycles. The monoisotopic (exact) mass is 284 g/mol. The molecule has 0 radical (unpaired) electrons. The molecule has 1 unspecified atom stereocenters. The maximum atomic E-state index is 4.52. The van der Waals surface area contributed by atoms with Crippen molar-refractivity contribution in [2.75, 3.05) is 5.75 Å². The number of thioether (sulfide) groups is 1. The van der Waals surface area contributed by atoms with Gasteiger partial charge in [0.25, 0.3) is 0 Å². The number of hydrogen-bond donors (Lipinski definition) is 1. The number of aryl methyl sites for hydroxylation is 1. The van der Waals surface area contributed by atoms with Crippen LogP contribution in [0.25, 0.3) is 0 Å². The Kier molecular flexibility index (Phi) is 4.38. The molecule has 20 heavy (non-hydrogen) atoms. The third kappa shape index (κ3) is 2.89. The number of benzene rings is 1. The number of fused-ring (bicyclic) bond motifs is 1. The van der Waals surface area contributed by atoms with Crippen molar-refractivity contribution >= 4 is 11.8 Å². The summed E-state index contributed by atoms with van der Waals surface area (Å²) in [4.78, 5) is 4.52. The highest BCUT2D eigenvalue weighted by Gasteiger charge is 2.19. The van der Waals surface area contributed by atoms with E-state index in [9.17, 15) is 0 Å². The fraction of sp³-hybridized carbons (Fsp3) is 0.353. The number of pyridine rings is 1. The molecule has 0 amide bonds. The molecule has 3 rings (SSSR count). The van der Waals surface area contributed by atoms with Crippen LogP contribution in [0.4, 0.5) is 0 Å². The number of rotatable bonds is 4. The fourth-order valence-corrected chi connectivity index (χ4v) is 3.86. The Balaban J connectivity index is 1.73. The molecular formula is C17H20N2S. The zero-order valence-electron chi connectivity index (χ0n) is 11.8. The topological polar surface area (TPSA) is 24.9 Å². The summed E-state index contributed by atoms with van der Waals surface area (Å²) in [6, 6.07) is 13.4. The van der Waals surface area contributed by atoms with Gasteiger partial charge in [0.15, 0.2) is 0 Å². The quantitative estimate of drug-likeness (QED) is 0.926. The highest BCUT2D eigenvalue weighted by Crippen LogP contribution is 2.31. The second kappa shape index (κ2) is 6.42. The van der Waals surface area contributed by atoms with E-state index in [-0.39, 0.29) is 0 Å². The molecule has 1 aliphatic heterocycles. The van der Waals surface area contributed by atoms with Crippen molar-refractivity contribution in [1.82, 2.24) is 10.3 Å². The highest BCUT2D eigenvalue weighted by atomic mass is 32.2. The van der Waals surface area contributed by atoms with Gasteiger partial charge in [-0.1, -0.05) is 37.3 Å². The zero-order chi connectivity index (χ0) is 13.8. The van der Waals surface area contributed by atoms with E-state index < -0.39 is 0 Å². The minimum absolute atomic E-state index is 0.441. The van der Waals surface area contributed by atoms with Crippen LogP contribution in [0.3, 0.4) is 0 Å². The first-order valence-corrected chi connectivity index (χ1v) is 8.35. The molecule has 1 aliphatic rings. The Morgan fingerprint density at radius 1 is 1.25 bits per heavy atom. The first-order valence-electron chi connectivity index (χ1n) is 7.20. The second-order valence-corrected chi connectivity index (χ2v) is 6.14. The number of nitrogens with one attached hydrogen (secondary N) is 1. The van der Waals surface area contributed by atoms with Crippen LogP contribution < -0.4 is 5.32 Å². The molecule has 2 heterocycles. The molecule has 1 aromatic carbocycles. The summed E-state index contributed by atoms with van der Waals surface area (Å²) in [6.45, 7) is 3.04. The van der Waals surface area contributed by atoms with Crippen LogP contribution in [0.2, 0.25) is 0 Å². The molecule has 0 bridgehead atoms. The van der Waals surface area contributed by atoms with Gasteiger partial charge in [-0.3, -0.25) is 4.98 Å². The fourth-order valence-electron chi connectivity index (χ4n) is 2.72. The van der Waals surface area contributed by atoms with Gasteiger partial charge in [-0.15, -0.1) is 0 Å². The first-order chi connectivity index (χ1) is 9.88. The first kappa shape index (κ1) is 13.7. The Bertz CT molecular complexity index is 583. The van der Waals surface area contributed by atoms with Crippen molar-refractivity contribution in [2.24, 2.45) is 0 Å². The molecule has 2 aromatic rings. The molecule has 0 saturated heterocycles. The molecule has 0 spiro atoms. The zero-order valence-corrected chi connectivity index (χ0v) is 12.6. The van der Waals surface area contributed by atoms with Gasteiger partial charge in [0.05, 0.1) is 5.69 Å². The summed E-state index contributed by atoms with van der Waals surface area (Å²) in [5.74, 6) is 2.28. The van der Waals surface area contributed by atoms with Gasteiger partial charge in [-0.05, 0) is 29.2 Å². The standard InChI is InChI=1S/C17H20N2S/c1-2-13-7-5-9-18-16(13)10-19-17-12-20-11-14-6-3-4-8-15(14)17/h3-9,17,19H,2,10-12H2,1H3. The van der Waals surface area contributed by atoms with Gasteiger partial charge in [0, 0.05) is 30.3 Å². The van der Waals surface area contributed by atoms with Crippen molar-refractivity contribution in [3.63, 3.8) is 0 Å². The maximum absolute atomic E-state index is 4.52. The van der Waals surface area contributed by atoms with Crippen LogP contribution in [0, 0.1) is 0 Å². The van der Waals surface area contributed by atoms with Crippen molar-refractivity contribution < 1.29 is 0 Å². The van der Waals surface area contributed by atoms with E-state index in [1.165, 1.54) is 22.4 Å². The highest BCUT2D eigenvalue weighted by molar-refractivity contribution is 7.98. The Hall–Kier alpha value is -1.32. The predicted molar refractivity (Wildman–Crippen MR) is 85.8 cm³/mol. The summed E-state index contributed by atoms with van der Waals surface area (Å²) >= 11 is 2.01. The van der Waals surface area contributed by atoms with Gasteiger partial charge in [-0.2, -0.15) is 11.8 Å². The Labute approximate surface area is 125 Å². The maximum Gasteiger partial charge on any atom is 0.0573 e. The van der Waals surface area contributed by atoms with Crippen LogP contribution in [-0.4, -0.2) is 10.7 Å². The van der Waals surface area contributed by atoms with Crippen LogP contribution in [0.5, 0.6) is 0 Å². The summed E-state index contributed by atoms with van der Waals surface area (Å²) in [5, 5.41) is 3.69. The predicted octanol–water partition coefficient (Wildman–Crippen LogP) is 3.72. The van der Waals surface area contributed by atoms with Crippen molar-refractivity contribution in [1.29, 1.82) is 0 Å². The third-order valence-electron chi connectivity index (χ3n) is 3.85. The molecule has 1 N–H and O–H groups in total. The molecule has 2 nitrogen and oxygen atoms in total. The van der Waals surface area contributed by atoms with Crippen LogP contribution in [-0.2, 0) is 18.7 Å². The van der Waals surface area contributed by atoms with Gasteiger partial charge < -0.3 is 5.32 Å².